The van der Waals surface area contributed by atoms with Crippen molar-refractivity contribution >= 4 is 28.2 Å². The number of halogens is 1. The van der Waals surface area contributed by atoms with Crippen LogP contribution in [-0.4, -0.2) is 51.7 Å². The summed E-state index contributed by atoms with van der Waals surface area (Å²) in [5.74, 6) is 0.687. The second-order valence-electron chi connectivity index (χ2n) is 8.41. The van der Waals surface area contributed by atoms with Crippen molar-refractivity contribution in [3.05, 3.63) is 23.5 Å². The number of benzene rings is 1. The van der Waals surface area contributed by atoms with Gasteiger partial charge in [-0.15, -0.1) is 4.72 Å². The molecule has 1 N–H and O–H groups in total. The first kappa shape index (κ1) is 20.6. The fraction of sp³-hybridized carbons (Fsp3) is 0.600. The van der Waals surface area contributed by atoms with E-state index in [9.17, 15) is 8.94 Å². The Morgan fingerprint density at radius 1 is 1.34 bits per heavy atom. The van der Waals surface area contributed by atoms with Gasteiger partial charge in [-0.05, 0) is 33.3 Å². The molecular formula is C20H27FN4O3S. The van der Waals surface area contributed by atoms with E-state index in [0.717, 1.165) is 0 Å². The lowest BCUT2D eigenvalue weighted by Gasteiger charge is -2.39. The average molecular weight is 423 g/mol. The Labute approximate surface area is 173 Å². The van der Waals surface area contributed by atoms with E-state index in [4.69, 9.17) is 14.5 Å². The smallest absolute Gasteiger partial charge is 0.258 e. The van der Waals surface area contributed by atoms with Gasteiger partial charge in [0.05, 0.1) is 36.3 Å². The van der Waals surface area contributed by atoms with Crippen LogP contribution in [0.4, 0.5) is 10.2 Å². The minimum Gasteiger partial charge on any atom is -0.598 e. The largest absolute Gasteiger partial charge is 0.598 e. The summed E-state index contributed by atoms with van der Waals surface area (Å²) in [5, 5.41) is 0. The van der Waals surface area contributed by atoms with E-state index in [1.165, 1.54) is 12.1 Å². The van der Waals surface area contributed by atoms with Crippen molar-refractivity contribution in [1.82, 2.24) is 14.7 Å². The zero-order valence-corrected chi connectivity index (χ0v) is 18.0. The Kier molecular flexibility index (Phi) is 5.58. The van der Waals surface area contributed by atoms with Crippen molar-refractivity contribution in [3.8, 4) is 5.88 Å². The Morgan fingerprint density at radius 2 is 2.14 bits per heavy atom. The summed E-state index contributed by atoms with van der Waals surface area (Å²) >= 11 is -1.30. The molecule has 0 radical (unpaired) electrons. The number of rotatable bonds is 4. The molecule has 9 heteroatoms. The molecule has 0 spiro atoms. The third-order valence-corrected chi connectivity index (χ3v) is 6.83. The van der Waals surface area contributed by atoms with Crippen molar-refractivity contribution in [2.24, 2.45) is 0 Å². The topological polar surface area (TPSA) is 82.6 Å². The molecule has 1 fully saturated rings. The minimum absolute atomic E-state index is 0.0976. The summed E-state index contributed by atoms with van der Waals surface area (Å²) < 4.78 is 41.2. The molecule has 3 atom stereocenters. The van der Waals surface area contributed by atoms with Crippen LogP contribution in [0.25, 0.3) is 11.0 Å². The zero-order valence-electron chi connectivity index (χ0n) is 17.2. The molecule has 0 amide bonds. The van der Waals surface area contributed by atoms with Crippen LogP contribution in [0.15, 0.2) is 12.1 Å². The molecule has 2 aromatic rings. The van der Waals surface area contributed by atoms with Gasteiger partial charge in [-0.1, -0.05) is 6.92 Å². The number of aromatic nitrogens is 2. The van der Waals surface area contributed by atoms with Crippen LogP contribution in [0.3, 0.4) is 0 Å². The highest BCUT2D eigenvalue weighted by Gasteiger charge is 2.34. The van der Waals surface area contributed by atoms with Crippen LogP contribution >= 0.6 is 0 Å². The summed E-state index contributed by atoms with van der Waals surface area (Å²) in [4.78, 5) is 11.6. The van der Waals surface area contributed by atoms with Crippen molar-refractivity contribution in [1.29, 1.82) is 0 Å². The monoisotopic (exact) mass is 422 g/mol. The molecule has 1 aromatic heterocycles. The van der Waals surface area contributed by atoms with Crippen LogP contribution in [0.2, 0.25) is 0 Å². The van der Waals surface area contributed by atoms with Gasteiger partial charge in [0, 0.05) is 29.5 Å². The van der Waals surface area contributed by atoms with Gasteiger partial charge in [0.15, 0.2) is 5.82 Å². The molecule has 1 aromatic carbocycles. The lowest BCUT2D eigenvalue weighted by atomic mass is 10.0. The van der Waals surface area contributed by atoms with E-state index in [0.29, 0.717) is 61.1 Å². The maximum Gasteiger partial charge on any atom is 0.258 e. The maximum atomic E-state index is 14.4. The molecule has 1 saturated heterocycles. The summed E-state index contributed by atoms with van der Waals surface area (Å²) in [7, 11) is 0. The number of nitrogens with zero attached hydrogens (tertiary/aromatic N) is 3. The van der Waals surface area contributed by atoms with E-state index in [2.05, 4.69) is 14.6 Å². The number of nitrogens with one attached hydrogen (secondary N) is 1. The van der Waals surface area contributed by atoms with Crippen molar-refractivity contribution in [3.63, 3.8) is 0 Å². The van der Waals surface area contributed by atoms with Crippen LogP contribution < -0.4 is 14.4 Å². The minimum atomic E-state index is -1.30. The molecular weight excluding hydrogens is 395 g/mol. The van der Waals surface area contributed by atoms with Crippen LogP contribution in [0.5, 0.6) is 5.88 Å². The summed E-state index contributed by atoms with van der Waals surface area (Å²) in [5.41, 5.74) is 1.70. The Hall–Kier alpha value is -1.68. The fourth-order valence-corrected chi connectivity index (χ4v) is 4.50. The first-order valence-corrected chi connectivity index (χ1v) is 11.1. The van der Waals surface area contributed by atoms with E-state index in [1.54, 1.807) is 0 Å². The van der Waals surface area contributed by atoms with E-state index < -0.39 is 21.9 Å². The van der Waals surface area contributed by atoms with Gasteiger partial charge in [0.1, 0.15) is 17.2 Å². The highest BCUT2D eigenvalue weighted by atomic mass is 32.2. The molecule has 1 unspecified atom stereocenters. The Morgan fingerprint density at radius 3 is 2.86 bits per heavy atom. The molecule has 2 aliphatic rings. The first-order chi connectivity index (χ1) is 13.8. The molecule has 4 rings (SSSR count). The molecule has 7 nitrogen and oxygen atoms in total. The van der Waals surface area contributed by atoms with E-state index in [-0.39, 0.29) is 12.1 Å². The molecule has 29 heavy (non-hydrogen) atoms. The van der Waals surface area contributed by atoms with E-state index >= 15 is 0 Å². The number of anilines is 1. The van der Waals surface area contributed by atoms with Gasteiger partial charge >= 0.3 is 0 Å². The van der Waals surface area contributed by atoms with Crippen molar-refractivity contribution < 1.29 is 18.4 Å². The van der Waals surface area contributed by atoms with Gasteiger partial charge < -0.3 is 18.9 Å². The number of fused-ring (bicyclic) bond motifs is 4. The predicted octanol–water partition coefficient (Wildman–Crippen LogP) is 2.87. The number of morpholine rings is 1. The van der Waals surface area contributed by atoms with Gasteiger partial charge in [0.2, 0.25) is 0 Å². The van der Waals surface area contributed by atoms with Crippen LogP contribution in [-0.2, 0) is 16.1 Å². The standard InChI is InChI=1S/C20H27FN4O3S/c1-5-15(24-29(26)20(2,3)4)14-8-12(21)9-16-17(14)23-18-19(22-16)28-11-13-10-27-7-6-25(13)18/h8-9,13,15,24H,5-7,10-11H2,1-4H3/t13-,15+,29?/m0/s1. The Bertz CT molecular complexity index is 907. The first-order valence-electron chi connectivity index (χ1n) is 9.94. The maximum absolute atomic E-state index is 14.4. The lowest BCUT2D eigenvalue weighted by molar-refractivity contribution is 0.0686. The molecule has 158 valence electrons. The SMILES string of the molecule is CC[C@@H](N[S+]([O-])C(C)(C)C)c1cc(F)cc2nc3c(nc12)N1CCOC[C@H]1CO3. The second kappa shape index (κ2) is 7.86. The van der Waals surface area contributed by atoms with Gasteiger partial charge in [-0.3, -0.25) is 0 Å². The van der Waals surface area contributed by atoms with Crippen LogP contribution in [0, 0.1) is 5.82 Å². The van der Waals surface area contributed by atoms with E-state index in [1.807, 2.05) is 27.7 Å². The molecule has 0 aliphatic carbocycles. The lowest BCUT2D eigenvalue weighted by Crippen LogP contribution is -2.51. The van der Waals surface area contributed by atoms with Gasteiger partial charge in [-0.25, -0.2) is 14.4 Å². The molecule has 3 heterocycles. The number of hydrogen-bond acceptors (Lipinski definition) is 7. The summed E-state index contributed by atoms with van der Waals surface area (Å²) in [6, 6.07) is 2.62. The van der Waals surface area contributed by atoms with Crippen molar-refractivity contribution in [2.75, 3.05) is 31.3 Å². The zero-order chi connectivity index (χ0) is 20.8. The molecule has 0 bridgehead atoms. The third kappa shape index (κ3) is 4.01. The summed E-state index contributed by atoms with van der Waals surface area (Å²) in [6.45, 7) is 10.1. The van der Waals surface area contributed by atoms with Gasteiger partial charge in [0.25, 0.3) is 5.88 Å². The molecule has 0 saturated carbocycles. The Balaban J connectivity index is 1.79. The van der Waals surface area contributed by atoms with Crippen LogP contribution in [0.1, 0.15) is 45.7 Å². The highest BCUT2D eigenvalue weighted by Crippen LogP contribution is 2.36. The number of hydrogen-bond donors (Lipinski definition) is 1. The normalized spacial score (nSPS) is 21.3. The predicted molar refractivity (Wildman–Crippen MR) is 111 cm³/mol. The second-order valence-corrected chi connectivity index (χ2v) is 10.4. The average Bonchev–Trinajstić information content (AvgIpc) is 2.69. The highest BCUT2D eigenvalue weighted by molar-refractivity contribution is 7.90. The quantitative estimate of drug-likeness (QED) is 0.759. The fourth-order valence-electron chi connectivity index (χ4n) is 3.59. The summed E-state index contributed by atoms with van der Waals surface area (Å²) in [6.07, 6.45) is 0.635. The van der Waals surface area contributed by atoms with Gasteiger partial charge in [-0.2, -0.15) is 0 Å². The number of ether oxygens (including phenoxy) is 2. The van der Waals surface area contributed by atoms with Crippen molar-refractivity contribution in [2.45, 2.75) is 50.9 Å². The molecule has 2 aliphatic heterocycles. The third-order valence-electron chi connectivity index (χ3n) is 5.22.